The molecule has 1 aliphatic rings. The first-order valence-electron chi connectivity index (χ1n) is 5.39. The lowest BCUT2D eigenvalue weighted by atomic mass is 9.94. The van der Waals surface area contributed by atoms with Gasteiger partial charge in [-0.05, 0) is 26.3 Å². The van der Waals surface area contributed by atoms with Crippen LogP contribution in [0, 0.1) is 0 Å². The average Bonchev–Trinajstić information content (AvgIpc) is 2.76. The number of rotatable bonds is 2. The molecule has 0 bridgehead atoms. The summed E-state index contributed by atoms with van der Waals surface area (Å²) in [6.45, 7) is 4.65. The van der Waals surface area contributed by atoms with E-state index in [4.69, 9.17) is 10.5 Å². The Hall–Kier alpha value is -1.49. The molecule has 16 heavy (non-hydrogen) atoms. The molecule has 1 aromatic rings. The number of hydrogen-bond donors (Lipinski definition) is 3. The highest BCUT2D eigenvalue weighted by atomic mass is 16.5. The van der Waals surface area contributed by atoms with Crippen molar-refractivity contribution in [3.8, 4) is 0 Å². The highest BCUT2D eigenvalue weighted by molar-refractivity contribution is 5.93. The monoisotopic (exact) mass is 223 g/mol. The van der Waals surface area contributed by atoms with Crippen LogP contribution in [0.2, 0.25) is 0 Å². The van der Waals surface area contributed by atoms with E-state index in [1.165, 1.54) is 0 Å². The number of H-pyrrole nitrogens is 1. The van der Waals surface area contributed by atoms with Crippen molar-refractivity contribution in [1.29, 1.82) is 0 Å². The predicted octanol–water partition coefficient (Wildman–Crippen LogP) is 0.894. The maximum atomic E-state index is 11.9. The highest BCUT2D eigenvalue weighted by Gasteiger charge is 2.38. The van der Waals surface area contributed by atoms with E-state index in [2.05, 4.69) is 10.3 Å². The molecule has 0 aliphatic carbocycles. The van der Waals surface area contributed by atoms with Crippen molar-refractivity contribution in [2.24, 2.45) is 0 Å². The number of aromatic nitrogens is 1. The third kappa shape index (κ3) is 1.90. The first-order valence-corrected chi connectivity index (χ1v) is 5.39. The van der Waals surface area contributed by atoms with Gasteiger partial charge in [0, 0.05) is 18.5 Å². The number of carbonyl (C=O) groups excluding carboxylic acids is 1. The number of ether oxygens (including phenoxy) is 1. The van der Waals surface area contributed by atoms with Crippen molar-refractivity contribution in [3.05, 3.63) is 18.0 Å². The molecule has 2 atom stereocenters. The second-order valence-electron chi connectivity index (χ2n) is 4.48. The first-order chi connectivity index (χ1) is 7.51. The summed E-state index contributed by atoms with van der Waals surface area (Å²) in [5.41, 5.74) is 6.30. The van der Waals surface area contributed by atoms with E-state index in [9.17, 15) is 4.79 Å². The van der Waals surface area contributed by atoms with Crippen LogP contribution in [0.1, 0.15) is 30.8 Å². The van der Waals surface area contributed by atoms with Crippen molar-refractivity contribution in [1.82, 2.24) is 10.3 Å². The number of carbonyl (C=O) groups is 1. The first kappa shape index (κ1) is 11.0. The summed E-state index contributed by atoms with van der Waals surface area (Å²) < 4.78 is 5.46. The van der Waals surface area contributed by atoms with Crippen molar-refractivity contribution < 1.29 is 9.53 Å². The van der Waals surface area contributed by atoms with Gasteiger partial charge in [-0.2, -0.15) is 0 Å². The Balaban J connectivity index is 2.07. The van der Waals surface area contributed by atoms with Gasteiger partial charge < -0.3 is 20.8 Å². The molecular weight excluding hydrogens is 206 g/mol. The largest absolute Gasteiger partial charge is 0.397 e. The molecule has 1 aromatic heterocycles. The third-order valence-electron chi connectivity index (χ3n) is 3.24. The zero-order valence-corrected chi connectivity index (χ0v) is 9.54. The van der Waals surface area contributed by atoms with Crippen LogP contribution in [0.4, 0.5) is 5.69 Å². The molecule has 0 aromatic carbocycles. The summed E-state index contributed by atoms with van der Waals surface area (Å²) in [7, 11) is 0. The number of nitrogens with two attached hydrogens (primary N) is 1. The Labute approximate surface area is 94.4 Å². The lowest BCUT2D eigenvalue weighted by Crippen LogP contribution is -2.50. The van der Waals surface area contributed by atoms with Crippen LogP contribution in [0.15, 0.2) is 12.3 Å². The van der Waals surface area contributed by atoms with E-state index in [1.807, 2.05) is 13.8 Å². The molecule has 4 N–H and O–H groups in total. The van der Waals surface area contributed by atoms with E-state index in [0.29, 0.717) is 18.0 Å². The molecule has 1 amide bonds. The molecule has 1 saturated heterocycles. The van der Waals surface area contributed by atoms with Crippen LogP contribution in [0.5, 0.6) is 0 Å². The molecule has 1 aliphatic heterocycles. The molecule has 2 unspecified atom stereocenters. The zero-order chi connectivity index (χ0) is 11.8. The van der Waals surface area contributed by atoms with Gasteiger partial charge in [0.25, 0.3) is 5.91 Å². The fraction of sp³-hybridized carbons (Fsp3) is 0.545. The van der Waals surface area contributed by atoms with Crippen LogP contribution in [-0.2, 0) is 4.74 Å². The fourth-order valence-corrected chi connectivity index (χ4v) is 1.87. The maximum Gasteiger partial charge on any atom is 0.268 e. The molecule has 0 spiro atoms. The summed E-state index contributed by atoms with van der Waals surface area (Å²) in [6.07, 6.45) is 2.46. The summed E-state index contributed by atoms with van der Waals surface area (Å²) in [4.78, 5) is 14.7. The van der Waals surface area contributed by atoms with Crippen molar-refractivity contribution >= 4 is 11.6 Å². The lowest BCUT2D eigenvalue weighted by molar-refractivity contribution is 0.0724. The smallest absolute Gasteiger partial charge is 0.268 e. The molecule has 2 rings (SSSR count). The molecule has 0 saturated carbocycles. The van der Waals surface area contributed by atoms with E-state index in [0.717, 1.165) is 6.42 Å². The topological polar surface area (TPSA) is 80.1 Å². The van der Waals surface area contributed by atoms with Gasteiger partial charge in [-0.3, -0.25) is 4.79 Å². The average molecular weight is 223 g/mol. The van der Waals surface area contributed by atoms with Gasteiger partial charge >= 0.3 is 0 Å². The number of hydrogen-bond acceptors (Lipinski definition) is 3. The Kier molecular flexibility index (Phi) is 2.63. The third-order valence-corrected chi connectivity index (χ3v) is 3.24. The normalized spacial score (nSPS) is 29.2. The number of nitrogens with one attached hydrogen (secondary N) is 2. The lowest BCUT2D eigenvalue weighted by Gasteiger charge is -2.28. The standard InChI is InChI=1S/C11H17N3O2/c1-7-11(2,3-4-16-7)14-10(15)9-5-8(12)6-13-9/h5-7,13H,3-4,12H2,1-2H3,(H,14,15). The van der Waals surface area contributed by atoms with Crippen molar-refractivity contribution in [2.75, 3.05) is 12.3 Å². The number of nitrogen functional groups attached to an aromatic ring is 1. The Morgan fingerprint density at radius 3 is 3.00 bits per heavy atom. The quantitative estimate of drug-likeness (QED) is 0.696. The minimum Gasteiger partial charge on any atom is -0.397 e. The molecule has 5 nitrogen and oxygen atoms in total. The summed E-state index contributed by atoms with van der Waals surface area (Å²) >= 11 is 0. The maximum absolute atomic E-state index is 11.9. The van der Waals surface area contributed by atoms with Gasteiger partial charge in [0.1, 0.15) is 5.69 Å². The van der Waals surface area contributed by atoms with Crippen molar-refractivity contribution in [3.63, 3.8) is 0 Å². The Morgan fingerprint density at radius 2 is 2.50 bits per heavy atom. The Bertz CT molecular complexity index is 402. The van der Waals surface area contributed by atoms with E-state index >= 15 is 0 Å². The minimum atomic E-state index is -0.295. The number of aromatic amines is 1. The van der Waals surface area contributed by atoms with E-state index < -0.39 is 0 Å². The fourth-order valence-electron chi connectivity index (χ4n) is 1.87. The summed E-state index contributed by atoms with van der Waals surface area (Å²) in [6, 6.07) is 1.62. The van der Waals surface area contributed by atoms with E-state index in [1.54, 1.807) is 12.3 Å². The van der Waals surface area contributed by atoms with Gasteiger partial charge in [0.2, 0.25) is 0 Å². The SMILES string of the molecule is CC1OCCC1(C)NC(=O)c1cc(N)c[nH]1. The van der Waals surface area contributed by atoms with Crippen LogP contribution in [-0.4, -0.2) is 29.1 Å². The van der Waals surface area contributed by atoms with Crippen LogP contribution in [0.3, 0.4) is 0 Å². The molecule has 88 valence electrons. The van der Waals surface area contributed by atoms with Crippen LogP contribution < -0.4 is 11.1 Å². The second kappa shape index (κ2) is 3.83. The van der Waals surface area contributed by atoms with Crippen LogP contribution >= 0.6 is 0 Å². The van der Waals surface area contributed by atoms with Gasteiger partial charge in [-0.15, -0.1) is 0 Å². The number of anilines is 1. The highest BCUT2D eigenvalue weighted by Crippen LogP contribution is 2.25. The zero-order valence-electron chi connectivity index (χ0n) is 9.54. The van der Waals surface area contributed by atoms with Gasteiger partial charge in [0.05, 0.1) is 11.6 Å². The summed E-state index contributed by atoms with van der Waals surface area (Å²) in [5.74, 6) is -0.142. The molecule has 0 radical (unpaired) electrons. The second-order valence-corrected chi connectivity index (χ2v) is 4.48. The minimum absolute atomic E-state index is 0.0313. The molecular formula is C11H17N3O2. The predicted molar refractivity (Wildman–Crippen MR) is 61.1 cm³/mol. The molecule has 2 heterocycles. The van der Waals surface area contributed by atoms with Gasteiger partial charge in [0.15, 0.2) is 0 Å². The molecule has 1 fully saturated rings. The number of amides is 1. The Morgan fingerprint density at radius 1 is 1.75 bits per heavy atom. The molecule has 5 heteroatoms. The summed E-state index contributed by atoms with van der Waals surface area (Å²) in [5, 5.41) is 2.98. The van der Waals surface area contributed by atoms with Gasteiger partial charge in [-0.25, -0.2) is 0 Å². The van der Waals surface area contributed by atoms with Crippen LogP contribution in [0.25, 0.3) is 0 Å². The van der Waals surface area contributed by atoms with Crippen molar-refractivity contribution in [2.45, 2.75) is 31.9 Å². The van der Waals surface area contributed by atoms with E-state index in [-0.39, 0.29) is 17.6 Å². The van der Waals surface area contributed by atoms with Gasteiger partial charge in [-0.1, -0.05) is 0 Å².